The zero-order chi connectivity index (χ0) is 10.6. The Bertz CT molecular complexity index is 230. The largest absolute Gasteiger partial charge is 0.393 e. The summed E-state index contributed by atoms with van der Waals surface area (Å²) in [6.07, 6.45) is 3.93. The smallest absolute Gasteiger partial charge is 0.226 e. The molecule has 3 N–H and O–H groups in total. The van der Waals surface area contributed by atoms with Crippen LogP contribution >= 0.6 is 12.2 Å². The van der Waals surface area contributed by atoms with Gasteiger partial charge in [0.2, 0.25) is 5.91 Å². The molecule has 0 aromatic rings. The molecule has 0 saturated heterocycles. The molecule has 0 aromatic heterocycles. The van der Waals surface area contributed by atoms with Crippen molar-refractivity contribution in [1.29, 1.82) is 0 Å². The van der Waals surface area contributed by atoms with Crippen molar-refractivity contribution in [3.8, 4) is 0 Å². The summed E-state index contributed by atoms with van der Waals surface area (Å²) < 4.78 is 0. The van der Waals surface area contributed by atoms with Gasteiger partial charge in [-0.1, -0.05) is 25.6 Å². The third-order valence-electron chi connectivity index (χ3n) is 2.73. The van der Waals surface area contributed by atoms with Crippen LogP contribution in [0.2, 0.25) is 0 Å². The zero-order valence-electron chi connectivity index (χ0n) is 8.58. The maximum Gasteiger partial charge on any atom is 0.226 e. The second-order valence-electron chi connectivity index (χ2n) is 4.23. The van der Waals surface area contributed by atoms with Crippen molar-refractivity contribution in [2.75, 3.05) is 6.54 Å². The van der Waals surface area contributed by atoms with Gasteiger partial charge in [-0.15, -0.1) is 0 Å². The summed E-state index contributed by atoms with van der Waals surface area (Å²) in [6, 6.07) is 0. The second kappa shape index (κ2) is 5.29. The molecule has 3 nitrogen and oxygen atoms in total. The van der Waals surface area contributed by atoms with E-state index in [9.17, 15) is 4.79 Å². The van der Waals surface area contributed by atoms with Crippen molar-refractivity contribution in [2.45, 2.75) is 32.6 Å². The molecule has 2 atom stereocenters. The van der Waals surface area contributed by atoms with Gasteiger partial charge in [-0.3, -0.25) is 4.79 Å². The monoisotopic (exact) mass is 214 g/mol. The Morgan fingerprint density at radius 2 is 2.29 bits per heavy atom. The van der Waals surface area contributed by atoms with E-state index in [1.54, 1.807) is 0 Å². The third kappa shape index (κ3) is 4.05. The lowest BCUT2D eigenvalue weighted by atomic mass is 10.1. The minimum Gasteiger partial charge on any atom is -0.393 e. The summed E-state index contributed by atoms with van der Waals surface area (Å²) in [7, 11) is 0. The molecule has 0 spiro atoms. The van der Waals surface area contributed by atoms with Crippen LogP contribution in [-0.4, -0.2) is 17.4 Å². The first kappa shape index (κ1) is 11.4. The van der Waals surface area contributed by atoms with Gasteiger partial charge in [0.15, 0.2) is 0 Å². The first-order valence-electron chi connectivity index (χ1n) is 5.13. The van der Waals surface area contributed by atoms with Crippen LogP contribution in [0, 0.1) is 11.8 Å². The topological polar surface area (TPSA) is 55.1 Å². The number of carbonyl (C=O) groups excluding carboxylic acids is 1. The van der Waals surface area contributed by atoms with Crippen LogP contribution in [0.4, 0.5) is 0 Å². The van der Waals surface area contributed by atoms with E-state index in [4.69, 9.17) is 5.73 Å². The number of hydrogen-bond donors (Lipinski definition) is 2. The first-order valence-corrected chi connectivity index (χ1v) is 5.53. The lowest BCUT2D eigenvalue weighted by molar-refractivity contribution is -0.120. The van der Waals surface area contributed by atoms with Gasteiger partial charge in [0.1, 0.15) is 0 Å². The fraction of sp³-hybridized carbons (Fsp3) is 0.800. The number of nitrogens with one attached hydrogen (secondary N) is 1. The van der Waals surface area contributed by atoms with Crippen molar-refractivity contribution in [1.82, 2.24) is 5.32 Å². The Kier molecular flexibility index (Phi) is 4.32. The summed E-state index contributed by atoms with van der Waals surface area (Å²) in [4.78, 5) is 11.5. The standard InChI is InChI=1S/C10H18N2OS/c1-7-2-3-8(4-7)6-12-10(13)5-9(11)14/h7-8H,2-6H2,1H3,(H2,11,14)(H,12,13). The maximum absolute atomic E-state index is 11.2. The Labute approximate surface area is 90.4 Å². The second-order valence-corrected chi connectivity index (χ2v) is 4.76. The van der Waals surface area contributed by atoms with Crippen molar-refractivity contribution in [2.24, 2.45) is 17.6 Å². The van der Waals surface area contributed by atoms with Crippen LogP contribution in [0.15, 0.2) is 0 Å². The van der Waals surface area contributed by atoms with Crippen LogP contribution in [0.1, 0.15) is 32.6 Å². The summed E-state index contributed by atoms with van der Waals surface area (Å²) in [6.45, 7) is 3.04. The molecular formula is C10H18N2OS. The van der Waals surface area contributed by atoms with E-state index < -0.39 is 0 Å². The summed E-state index contributed by atoms with van der Waals surface area (Å²) in [5.74, 6) is 1.42. The molecule has 1 rings (SSSR count). The zero-order valence-corrected chi connectivity index (χ0v) is 9.40. The lowest BCUT2D eigenvalue weighted by Gasteiger charge is -2.10. The number of amides is 1. The molecule has 1 saturated carbocycles. The molecule has 1 fully saturated rings. The van der Waals surface area contributed by atoms with Gasteiger partial charge in [0.05, 0.1) is 11.4 Å². The van der Waals surface area contributed by atoms with Crippen molar-refractivity contribution in [3.05, 3.63) is 0 Å². The number of rotatable bonds is 4. The van der Waals surface area contributed by atoms with E-state index in [2.05, 4.69) is 24.5 Å². The Balaban J connectivity index is 2.14. The molecule has 0 aliphatic heterocycles. The molecule has 0 bridgehead atoms. The molecule has 0 radical (unpaired) electrons. The van der Waals surface area contributed by atoms with Gasteiger partial charge >= 0.3 is 0 Å². The fourth-order valence-corrected chi connectivity index (χ4v) is 2.12. The predicted octanol–water partition coefficient (Wildman–Crippen LogP) is 1.22. The minimum absolute atomic E-state index is 0.0444. The normalized spacial score (nSPS) is 26.1. The Hall–Kier alpha value is -0.640. The van der Waals surface area contributed by atoms with Crippen LogP contribution in [0.3, 0.4) is 0 Å². The minimum atomic E-state index is -0.0444. The number of nitrogens with two attached hydrogens (primary N) is 1. The van der Waals surface area contributed by atoms with Crippen molar-refractivity contribution in [3.63, 3.8) is 0 Å². The van der Waals surface area contributed by atoms with Crippen LogP contribution in [-0.2, 0) is 4.79 Å². The molecule has 1 aliphatic rings. The summed E-state index contributed by atoms with van der Waals surface area (Å²) in [5.41, 5.74) is 5.27. The van der Waals surface area contributed by atoms with E-state index in [0.29, 0.717) is 5.92 Å². The molecule has 0 aromatic carbocycles. The number of carbonyl (C=O) groups is 1. The quantitative estimate of drug-likeness (QED) is 0.692. The number of hydrogen-bond acceptors (Lipinski definition) is 2. The van der Waals surface area contributed by atoms with Crippen molar-refractivity contribution >= 4 is 23.1 Å². The molecule has 1 amide bonds. The lowest BCUT2D eigenvalue weighted by Crippen LogP contribution is -2.31. The summed E-state index contributed by atoms with van der Waals surface area (Å²) in [5, 5.41) is 2.87. The molecule has 14 heavy (non-hydrogen) atoms. The van der Waals surface area contributed by atoms with E-state index >= 15 is 0 Å². The van der Waals surface area contributed by atoms with Crippen LogP contribution in [0.25, 0.3) is 0 Å². The molecule has 0 heterocycles. The van der Waals surface area contributed by atoms with Crippen LogP contribution < -0.4 is 11.1 Å². The van der Waals surface area contributed by atoms with E-state index in [0.717, 1.165) is 12.5 Å². The first-order chi connectivity index (χ1) is 6.58. The molecule has 4 heteroatoms. The maximum atomic E-state index is 11.2. The highest BCUT2D eigenvalue weighted by molar-refractivity contribution is 7.80. The van der Waals surface area contributed by atoms with Gasteiger partial charge in [0.25, 0.3) is 0 Å². The van der Waals surface area contributed by atoms with E-state index in [-0.39, 0.29) is 17.3 Å². The third-order valence-corrected chi connectivity index (χ3v) is 2.87. The highest BCUT2D eigenvalue weighted by Gasteiger charge is 2.21. The predicted molar refractivity (Wildman–Crippen MR) is 60.9 cm³/mol. The fourth-order valence-electron chi connectivity index (χ4n) is 1.99. The Morgan fingerprint density at radius 3 is 2.79 bits per heavy atom. The van der Waals surface area contributed by atoms with E-state index in [1.165, 1.54) is 19.3 Å². The average Bonchev–Trinajstić information content (AvgIpc) is 2.47. The number of thiocarbonyl (C=S) groups is 1. The van der Waals surface area contributed by atoms with Gasteiger partial charge in [-0.25, -0.2) is 0 Å². The molecular weight excluding hydrogens is 196 g/mol. The van der Waals surface area contributed by atoms with Gasteiger partial charge in [-0.05, 0) is 24.7 Å². The average molecular weight is 214 g/mol. The van der Waals surface area contributed by atoms with Gasteiger partial charge in [0, 0.05) is 6.54 Å². The molecule has 1 aliphatic carbocycles. The van der Waals surface area contributed by atoms with Gasteiger partial charge < -0.3 is 11.1 Å². The van der Waals surface area contributed by atoms with E-state index in [1.807, 2.05) is 0 Å². The highest BCUT2D eigenvalue weighted by Crippen LogP contribution is 2.29. The highest BCUT2D eigenvalue weighted by atomic mass is 32.1. The van der Waals surface area contributed by atoms with Crippen LogP contribution in [0.5, 0.6) is 0 Å². The van der Waals surface area contributed by atoms with Crippen molar-refractivity contribution < 1.29 is 4.79 Å². The summed E-state index contributed by atoms with van der Waals surface area (Å²) >= 11 is 4.66. The van der Waals surface area contributed by atoms with Gasteiger partial charge in [-0.2, -0.15) is 0 Å². The molecule has 2 unspecified atom stereocenters. The molecule has 80 valence electrons. The Morgan fingerprint density at radius 1 is 1.57 bits per heavy atom. The SMILES string of the molecule is CC1CCC(CNC(=O)CC(N)=S)C1.